The van der Waals surface area contributed by atoms with Gasteiger partial charge in [-0.15, -0.1) is 0 Å². The van der Waals surface area contributed by atoms with Crippen molar-refractivity contribution in [2.45, 2.75) is 30.2 Å². The summed E-state index contributed by atoms with van der Waals surface area (Å²) in [6.45, 7) is -1.58. The minimum absolute atomic E-state index is 0.614. The van der Waals surface area contributed by atoms with Gasteiger partial charge in [-0.05, 0) is 0 Å². The minimum Gasteiger partial charge on any atom is -0.394 e. The Labute approximate surface area is 79.8 Å². The predicted molar refractivity (Wildman–Crippen MR) is 42.0 cm³/mol. The van der Waals surface area contributed by atoms with E-state index in [2.05, 4.69) is 4.74 Å². The molecule has 7 heteroatoms. The molecule has 0 radical (unpaired) electrons. The van der Waals surface area contributed by atoms with Crippen molar-refractivity contribution in [1.29, 1.82) is 0 Å². The monoisotopic (exact) mass is 210 g/mol. The van der Waals surface area contributed by atoms with Crippen LogP contribution in [-0.2, 0) is 4.74 Å². The van der Waals surface area contributed by atoms with Crippen LogP contribution in [0, 0.1) is 0 Å². The Morgan fingerprint density at radius 1 is 1.14 bits per heavy atom. The van der Waals surface area contributed by atoms with Crippen molar-refractivity contribution in [3.8, 4) is 0 Å². The Balaban J connectivity index is 2.84. The summed E-state index contributed by atoms with van der Waals surface area (Å²) >= 11 is 0. The van der Waals surface area contributed by atoms with E-state index in [0.717, 1.165) is 0 Å². The molecule has 0 aromatic rings. The summed E-state index contributed by atoms with van der Waals surface area (Å²) in [7, 11) is 0. The van der Waals surface area contributed by atoms with E-state index in [-0.39, 0.29) is 0 Å². The van der Waals surface area contributed by atoms with Gasteiger partial charge in [0.15, 0.2) is 11.9 Å². The van der Waals surface area contributed by atoms with Crippen molar-refractivity contribution in [2.75, 3.05) is 13.2 Å². The molecule has 1 heterocycles. The Kier molecular flexibility index (Phi) is 3.43. The van der Waals surface area contributed by atoms with E-state index in [0.29, 0.717) is 0 Å². The molecule has 1 unspecified atom stereocenters. The fourth-order valence-electron chi connectivity index (χ4n) is 1.33. The van der Waals surface area contributed by atoms with E-state index >= 15 is 0 Å². The van der Waals surface area contributed by atoms with Gasteiger partial charge in [-0.25, -0.2) is 0 Å². The van der Waals surface area contributed by atoms with Gasteiger partial charge in [0.2, 0.25) is 0 Å². The molecule has 0 aliphatic carbocycles. The van der Waals surface area contributed by atoms with Crippen molar-refractivity contribution in [3.05, 3.63) is 0 Å². The molecule has 1 saturated heterocycles. The molecule has 84 valence electrons. The predicted octanol–water partition coefficient (Wildman–Crippen LogP) is -3.86. The first-order valence-corrected chi connectivity index (χ1v) is 4.11. The Hall–Kier alpha value is -0.280. The molecular formula is C7H14O7. The van der Waals surface area contributed by atoms with E-state index in [4.69, 9.17) is 10.2 Å². The van der Waals surface area contributed by atoms with Gasteiger partial charge in [-0.1, -0.05) is 0 Å². The van der Waals surface area contributed by atoms with Crippen LogP contribution in [0.1, 0.15) is 0 Å². The zero-order valence-corrected chi connectivity index (χ0v) is 7.32. The second kappa shape index (κ2) is 4.07. The van der Waals surface area contributed by atoms with Crippen LogP contribution in [0.15, 0.2) is 0 Å². The molecule has 14 heavy (non-hydrogen) atoms. The highest BCUT2D eigenvalue weighted by Gasteiger charge is 2.53. The van der Waals surface area contributed by atoms with Crippen LogP contribution in [0.4, 0.5) is 0 Å². The largest absolute Gasteiger partial charge is 0.394 e. The summed E-state index contributed by atoms with van der Waals surface area (Å²) in [5.41, 5.74) is -2.33. The molecule has 7 nitrogen and oxygen atoms in total. The first kappa shape index (κ1) is 11.8. The van der Waals surface area contributed by atoms with Crippen molar-refractivity contribution >= 4 is 0 Å². The van der Waals surface area contributed by atoms with Gasteiger partial charge in [-0.3, -0.25) is 0 Å². The molecule has 0 aromatic carbocycles. The molecule has 1 fully saturated rings. The van der Waals surface area contributed by atoms with Crippen LogP contribution < -0.4 is 0 Å². The summed E-state index contributed by atoms with van der Waals surface area (Å²) < 4.78 is 4.61. The quantitative estimate of drug-likeness (QED) is 0.275. The van der Waals surface area contributed by atoms with Gasteiger partial charge in [0.1, 0.15) is 18.3 Å². The Morgan fingerprint density at radius 2 is 1.71 bits per heavy atom. The van der Waals surface area contributed by atoms with Crippen LogP contribution in [0.25, 0.3) is 0 Å². The number of rotatable bonds is 2. The van der Waals surface area contributed by atoms with Crippen molar-refractivity contribution < 1.29 is 35.4 Å². The molecule has 0 aromatic heterocycles. The lowest BCUT2D eigenvalue weighted by Crippen LogP contribution is -2.68. The maximum atomic E-state index is 9.48. The summed E-state index contributed by atoms with van der Waals surface area (Å²) in [5.74, 6) is 0. The highest BCUT2D eigenvalue weighted by Crippen LogP contribution is 2.28. The third-order valence-electron chi connectivity index (χ3n) is 2.38. The van der Waals surface area contributed by atoms with E-state index < -0.39 is 43.4 Å². The molecule has 0 amide bonds. The number of ether oxygens (including phenoxy) is 1. The van der Waals surface area contributed by atoms with E-state index in [9.17, 15) is 20.4 Å². The zero-order valence-electron chi connectivity index (χ0n) is 7.32. The lowest BCUT2D eigenvalue weighted by Gasteiger charge is -2.44. The van der Waals surface area contributed by atoms with Gasteiger partial charge in [-0.2, -0.15) is 0 Å². The molecule has 5 atom stereocenters. The van der Waals surface area contributed by atoms with E-state index in [1.807, 2.05) is 0 Å². The number of aliphatic hydroxyl groups excluding tert-OH is 5. The van der Waals surface area contributed by atoms with Crippen molar-refractivity contribution in [1.82, 2.24) is 0 Å². The molecular weight excluding hydrogens is 196 g/mol. The first-order chi connectivity index (χ1) is 6.47. The number of aliphatic hydroxyl groups is 6. The smallest absolute Gasteiger partial charge is 0.189 e. The zero-order chi connectivity index (χ0) is 10.9. The topological polar surface area (TPSA) is 131 Å². The fourth-order valence-corrected chi connectivity index (χ4v) is 1.33. The summed E-state index contributed by atoms with van der Waals surface area (Å²) in [6, 6.07) is 0. The van der Waals surface area contributed by atoms with Crippen LogP contribution in [0.3, 0.4) is 0 Å². The van der Waals surface area contributed by atoms with Crippen LogP contribution in [-0.4, -0.2) is 74.1 Å². The molecule has 0 spiro atoms. The lowest BCUT2D eigenvalue weighted by molar-refractivity contribution is -0.335. The van der Waals surface area contributed by atoms with Gasteiger partial charge >= 0.3 is 0 Å². The normalized spacial score (nSPS) is 49.3. The highest BCUT2D eigenvalue weighted by atomic mass is 16.6. The standard InChI is InChI=1S/C7H14O7/c8-1-3-4(10)5(11)7(13,2-9)6(12)14-3/h3-6,8-13H,1-2H2/t3-,4-,5+,6?,7+/m1/s1. The minimum atomic E-state index is -2.33. The van der Waals surface area contributed by atoms with Crippen molar-refractivity contribution in [2.24, 2.45) is 0 Å². The summed E-state index contributed by atoms with van der Waals surface area (Å²) in [5, 5.41) is 54.8. The molecule has 1 aliphatic heterocycles. The van der Waals surface area contributed by atoms with Crippen LogP contribution in [0.5, 0.6) is 0 Å². The molecule has 0 saturated carbocycles. The first-order valence-electron chi connectivity index (χ1n) is 4.11. The van der Waals surface area contributed by atoms with Crippen molar-refractivity contribution in [3.63, 3.8) is 0 Å². The average molecular weight is 210 g/mol. The Morgan fingerprint density at radius 3 is 2.14 bits per heavy atom. The SMILES string of the molecule is OC[C@H]1OC(O)[C@](O)(CO)[C@@H](O)[C@@H]1O. The lowest BCUT2D eigenvalue weighted by atomic mass is 9.87. The fraction of sp³-hybridized carbons (Fsp3) is 1.00. The second-order valence-corrected chi connectivity index (χ2v) is 3.29. The van der Waals surface area contributed by atoms with Crippen LogP contribution in [0.2, 0.25) is 0 Å². The van der Waals surface area contributed by atoms with Crippen LogP contribution >= 0.6 is 0 Å². The van der Waals surface area contributed by atoms with Gasteiger partial charge < -0.3 is 35.4 Å². The maximum absolute atomic E-state index is 9.48. The van der Waals surface area contributed by atoms with E-state index in [1.165, 1.54) is 0 Å². The van der Waals surface area contributed by atoms with E-state index in [1.54, 1.807) is 0 Å². The molecule has 1 aliphatic rings. The third-order valence-corrected chi connectivity index (χ3v) is 2.38. The maximum Gasteiger partial charge on any atom is 0.189 e. The van der Waals surface area contributed by atoms with Gasteiger partial charge in [0.05, 0.1) is 13.2 Å². The van der Waals surface area contributed by atoms with Gasteiger partial charge in [0.25, 0.3) is 0 Å². The summed E-state index contributed by atoms with van der Waals surface area (Å²) in [6.07, 6.45) is -6.40. The number of hydrogen-bond donors (Lipinski definition) is 6. The Bertz CT molecular complexity index is 198. The molecule has 1 rings (SSSR count). The molecule has 6 N–H and O–H groups in total. The van der Waals surface area contributed by atoms with Gasteiger partial charge in [0, 0.05) is 0 Å². The summed E-state index contributed by atoms with van der Waals surface area (Å²) in [4.78, 5) is 0. The number of hydrogen-bond acceptors (Lipinski definition) is 7. The average Bonchev–Trinajstić information content (AvgIpc) is 2.20. The second-order valence-electron chi connectivity index (χ2n) is 3.29. The third kappa shape index (κ3) is 1.63. The highest BCUT2D eigenvalue weighted by molar-refractivity contribution is 4.99. The molecule has 0 bridgehead atoms.